The van der Waals surface area contributed by atoms with Crippen molar-refractivity contribution < 1.29 is 14.3 Å². The third kappa shape index (κ3) is 5.26. The van der Waals surface area contributed by atoms with Crippen molar-refractivity contribution in [1.82, 2.24) is 0 Å². The molecule has 0 radical (unpaired) electrons. The van der Waals surface area contributed by atoms with Crippen LogP contribution in [0.4, 0.5) is 11.4 Å². The zero-order valence-corrected chi connectivity index (χ0v) is 16.8. The highest BCUT2D eigenvalue weighted by molar-refractivity contribution is 9.10. The molecule has 0 unspecified atom stereocenters. The first-order chi connectivity index (χ1) is 12.4. The van der Waals surface area contributed by atoms with Crippen LogP contribution < -0.4 is 20.1 Å². The maximum Gasteiger partial charge on any atom is 0.221 e. The van der Waals surface area contributed by atoms with Gasteiger partial charge < -0.3 is 20.1 Å². The van der Waals surface area contributed by atoms with Gasteiger partial charge in [-0.25, -0.2) is 0 Å². The minimum atomic E-state index is -0.0889. The summed E-state index contributed by atoms with van der Waals surface area (Å²) in [5, 5.41) is 6.19. The van der Waals surface area contributed by atoms with E-state index in [1.807, 2.05) is 37.3 Å². The van der Waals surface area contributed by atoms with Crippen LogP contribution in [0.3, 0.4) is 0 Å². The van der Waals surface area contributed by atoms with Crippen molar-refractivity contribution in [3.05, 3.63) is 58.6 Å². The molecular formula is C20H23BrN2O3. The number of hydrogen-bond acceptors (Lipinski definition) is 4. The first kappa shape index (κ1) is 19.8. The molecule has 6 heteroatoms. The van der Waals surface area contributed by atoms with Gasteiger partial charge in [-0.3, -0.25) is 4.79 Å². The Bertz CT molecular complexity index is 806. The number of hydrogen-bond donors (Lipinski definition) is 2. The second-order valence-corrected chi connectivity index (χ2v) is 6.63. The highest BCUT2D eigenvalue weighted by Gasteiger charge is 2.11. The van der Waals surface area contributed by atoms with Gasteiger partial charge in [-0.15, -0.1) is 0 Å². The summed E-state index contributed by atoms with van der Waals surface area (Å²) in [6.45, 7) is 8.11. The Morgan fingerprint density at radius 3 is 2.73 bits per heavy atom. The highest BCUT2D eigenvalue weighted by atomic mass is 79.9. The molecule has 0 aliphatic carbocycles. The molecule has 0 aliphatic heterocycles. The summed E-state index contributed by atoms with van der Waals surface area (Å²) in [6, 6.07) is 9.78. The van der Waals surface area contributed by atoms with Crippen molar-refractivity contribution in [3.63, 3.8) is 0 Å². The lowest BCUT2D eigenvalue weighted by molar-refractivity contribution is -0.114. The summed E-state index contributed by atoms with van der Waals surface area (Å²) in [5.41, 5.74) is 3.76. The van der Waals surface area contributed by atoms with Crippen molar-refractivity contribution in [1.29, 1.82) is 0 Å². The smallest absolute Gasteiger partial charge is 0.221 e. The number of carbonyl (C=O) groups excluding carboxylic acids is 1. The minimum absolute atomic E-state index is 0.0889. The fraction of sp³-hybridized carbons (Fsp3) is 0.250. The normalized spacial score (nSPS) is 10.2. The van der Waals surface area contributed by atoms with Crippen LogP contribution in [0.5, 0.6) is 11.5 Å². The topological polar surface area (TPSA) is 59.6 Å². The van der Waals surface area contributed by atoms with Gasteiger partial charge >= 0.3 is 0 Å². The molecule has 0 atom stereocenters. The largest absolute Gasteiger partial charge is 0.493 e. The van der Waals surface area contributed by atoms with Gasteiger partial charge in [-0.05, 0) is 58.2 Å². The summed E-state index contributed by atoms with van der Waals surface area (Å²) >= 11 is 3.53. The zero-order valence-electron chi connectivity index (χ0n) is 15.2. The molecule has 2 rings (SSSR count). The second kappa shape index (κ2) is 9.29. The molecule has 0 saturated carbocycles. The molecule has 0 aromatic heterocycles. The standard InChI is InChI=1S/C20H23BrN2O3/c1-5-8-26-20-17(21)9-15(10-19(20)25-4)12-22-16-7-6-13(2)18(11-16)23-14(3)24/h5-7,9-11,22H,1,8,12H2,2-4H3,(H,23,24). The number of amides is 1. The van der Waals surface area contributed by atoms with Crippen molar-refractivity contribution in [2.45, 2.75) is 20.4 Å². The molecule has 0 spiro atoms. The number of halogens is 1. The number of anilines is 2. The lowest BCUT2D eigenvalue weighted by atomic mass is 10.1. The van der Waals surface area contributed by atoms with Gasteiger partial charge in [0.05, 0.1) is 11.6 Å². The Morgan fingerprint density at radius 2 is 2.08 bits per heavy atom. The van der Waals surface area contributed by atoms with E-state index < -0.39 is 0 Å². The lowest BCUT2D eigenvalue weighted by Crippen LogP contribution is -2.08. The average Bonchev–Trinajstić information content (AvgIpc) is 2.60. The average molecular weight is 419 g/mol. The number of ether oxygens (including phenoxy) is 2. The van der Waals surface area contributed by atoms with Gasteiger partial charge in [-0.1, -0.05) is 18.7 Å². The predicted octanol–water partition coefficient (Wildman–Crippen LogP) is 4.90. The quantitative estimate of drug-likeness (QED) is 0.598. The van der Waals surface area contributed by atoms with Crippen LogP contribution >= 0.6 is 15.9 Å². The summed E-state index contributed by atoms with van der Waals surface area (Å²) in [7, 11) is 1.61. The van der Waals surface area contributed by atoms with E-state index in [-0.39, 0.29) is 5.91 Å². The first-order valence-corrected chi connectivity index (χ1v) is 8.96. The Labute approximate surface area is 162 Å². The number of aryl methyl sites for hydroxylation is 1. The van der Waals surface area contributed by atoms with Crippen LogP contribution in [-0.2, 0) is 11.3 Å². The summed E-state index contributed by atoms with van der Waals surface area (Å²) in [6.07, 6.45) is 1.69. The Morgan fingerprint density at radius 1 is 1.31 bits per heavy atom. The fourth-order valence-corrected chi connectivity index (χ4v) is 3.02. The van der Waals surface area contributed by atoms with E-state index in [0.717, 1.165) is 27.0 Å². The van der Waals surface area contributed by atoms with Gasteiger partial charge in [0.1, 0.15) is 6.61 Å². The third-order valence-electron chi connectivity index (χ3n) is 3.68. The molecule has 2 aromatic carbocycles. The molecule has 26 heavy (non-hydrogen) atoms. The summed E-state index contributed by atoms with van der Waals surface area (Å²) < 4.78 is 11.9. The maximum absolute atomic E-state index is 11.3. The molecule has 5 nitrogen and oxygen atoms in total. The molecule has 1 amide bonds. The molecule has 0 heterocycles. The Balaban J connectivity index is 2.15. The third-order valence-corrected chi connectivity index (χ3v) is 4.27. The predicted molar refractivity (Wildman–Crippen MR) is 109 cm³/mol. The molecule has 2 aromatic rings. The molecule has 0 saturated heterocycles. The number of carbonyl (C=O) groups is 1. The van der Waals surface area contributed by atoms with E-state index in [1.54, 1.807) is 13.2 Å². The van der Waals surface area contributed by atoms with Crippen LogP contribution in [0.1, 0.15) is 18.1 Å². The van der Waals surface area contributed by atoms with Gasteiger partial charge in [0.15, 0.2) is 11.5 Å². The van der Waals surface area contributed by atoms with Crippen LogP contribution in [0.25, 0.3) is 0 Å². The molecule has 0 fully saturated rings. The van der Waals surface area contributed by atoms with E-state index >= 15 is 0 Å². The van der Waals surface area contributed by atoms with Crippen molar-refractivity contribution in [3.8, 4) is 11.5 Å². The summed E-state index contributed by atoms with van der Waals surface area (Å²) in [5.74, 6) is 1.22. The van der Waals surface area contributed by atoms with Crippen molar-refractivity contribution in [2.75, 3.05) is 24.4 Å². The highest BCUT2D eigenvalue weighted by Crippen LogP contribution is 2.37. The van der Waals surface area contributed by atoms with E-state index in [1.165, 1.54) is 6.92 Å². The van der Waals surface area contributed by atoms with E-state index in [9.17, 15) is 4.79 Å². The lowest BCUT2D eigenvalue weighted by Gasteiger charge is -2.15. The maximum atomic E-state index is 11.3. The molecule has 138 valence electrons. The van der Waals surface area contributed by atoms with Gasteiger partial charge in [0, 0.05) is 24.8 Å². The summed E-state index contributed by atoms with van der Waals surface area (Å²) in [4.78, 5) is 11.3. The number of benzene rings is 2. The number of methoxy groups -OCH3 is 1. The van der Waals surface area contributed by atoms with Crippen molar-refractivity contribution in [2.24, 2.45) is 0 Å². The van der Waals surface area contributed by atoms with Crippen LogP contribution in [-0.4, -0.2) is 19.6 Å². The van der Waals surface area contributed by atoms with E-state index in [2.05, 4.69) is 33.1 Å². The molecule has 0 aliphatic rings. The first-order valence-electron chi connectivity index (χ1n) is 8.16. The van der Waals surface area contributed by atoms with Gasteiger partial charge in [-0.2, -0.15) is 0 Å². The van der Waals surface area contributed by atoms with Gasteiger partial charge in [0.2, 0.25) is 5.91 Å². The molecular weight excluding hydrogens is 396 g/mol. The van der Waals surface area contributed by atoms with E-state index in [4.69, 9.17) is 9.47 Å². The van der Waals surface area contributed by atoms with E-state index in [0.29, 0.717) is 24.7 Å². The fourth-order valence-electron chi connectivity index (χ4n) is 2.42. The second-order valence-electron chi connectivity index (χ2n) is 5.77. The van der Waals surface area contributed by atoms with Crippen LogP contribution in [0.2, 0.25) is 0 Å². The zero-order chi connectivity index (χ0) is 19.1. The van der Waals surface area contributed by atoms with Crippen LogP contribution in [0, 0.1) is 6.92 Å². The minimum Gasteiger partial charge on any atom is -0.493 e. The Kier molecular flexibility index (Phi) is 7.09. The molecule has 0 bridgehead atoms. The number of nitrogens with one attached hydrogen (secondary N) is 2. The van der Waals surface area contributed by atoms with Crippen LogP contribution in [0.15, 0.2) is 47.5 Å². The SMILES string of the molecule is C=CCOc1c(Br)cc(CNc2ccc(C)c(NC(C)=O)c2)cc1OC. The number of rotatable bonds is 8. The monoisotopic (exact) mass is 418 g/mol. The molecule has 2 N–H and O–H groups in total. The Hall–Kier alpha value is -2.47. The van der Waals surface area contributed by atoms with Gasteiger partial charge in [0.25, 0.3) is 0 Å². The van der Waals surface area contributed by atoms with Crippen molar-refractivity contribution >= 4 is 33.2 Å².